The lowest BCUT2D eigenvalue weighted by Gasteiger charge is -1.93. The van der Waals surface area contributed by atoms with Crippen LogP contribution in [0.1, 0.15) is 0 Å². The zero-order valence-corrected chi connectivity index (χ0v) is 5.00. The molecule has 0 unspecified atom stereocenters. The van der Waals surface area contributed by atoms with Gasteiger partial charge in [-0.3, -0.25) is 9.59 Å². The fraction of sp³-hybridized carbons (Fsp3) is 0.500. The Bertz CT molecular complexity index is 63.1. The molecular weight excluding hydrogens is 108 g/mol. The first kappa shape index (κ1) is 10.0. The van der Waals surface area contributed by atoms with Crippen LogP contribution in [0.25, 0.3) is 0 Å². The number of nitrogens with zero attached hydrogens (tertiary/aromatic N) is 1. The summed E-state index contributed by atoms with van der Waals surface area (Å²) in [7, 11) is 3.38. The molecule has 0 aliphatic carbocycles. The SMILES string of the molecule is CN(C)C=O.NC=O. The normalized spacial score (nSPS) is 5.75. The van der Waals surface area contributed by atoms with Crippen LogP contribution < -0.4 is 5.73 Å². The van der Waals surface area contributed by atoms with Crippen molar-refractivity contribution in [3.8, 4) is 0 Å². The molecule has 0 aromatic rings. The molecule has 0 spiro atoms. The van der Waals surface area contributed by atoms with Gasteiger partial charge in [0, 0.05) is 14.1 Å². The minimum absolute atomic E-state index is 0.250. The number of primary amides is 1. The molecule has 0 aliphatic rings. The lowest BCUT2D eigenvalue weighted by Crippen LogP contribution is -2.06. The lowest BCUT2D eigenvalue weighted by atomic mass is 11.0. The number of rotatable bonds is 1. The summed E-state index contributed by atoms with van der Waals surface area (Å²) in [5, 5.41) is 0. The van der Waals surface area contributed by atoms with E-state index < -0.39 is 0 Å². The first-order chi connectivity index (χ1) is 3.68. The quantitative estimate of drug-likeness (QED) is 0.440. The predicted octanol–water partition coefficient (Wildman–Crippen LogP) is -1.19. The topological polar surface area (TPSA) is 63.4 Å². The van der Waals surface area contributed by atoms with Crippen LogP contribution in [0.3, 0.4) is 0 Å². The molecule has 4 heteroatoms. The molecular formula is C4H10N2O2. The van der Waals surface area contributed by atoms with E-state index in [4.69, 9.17) is 4.79 Å². The molecule has 0 rings (SSSR count). The monoisotopic (exact) mass is 118 g/mol. The molecule has 48 valence electrons. The minimum Gasteiger partial charge on any atom is -0.372 e. The molecule has 0 atom stereocenters. The number of amides is 2. The largest absolute Gasteiger partial charge is 0.372 e. The summed E-state index contributed by atoms with van der Waals surface area (Å²) in [6, 6.07) is 0. The van der Waals surface area contributed by atoms with Gasteiger partial charge in [-0.25, -0.2) is 0 Å². The van der Waals surface area contributed by atoms with Crippen LogP contribution in [-0.2, 0) is 9.59 Å². The molecule has 4 nitrogen and oxygen atoms in total. The van der Waals surface area contributed by atoms with Gasteiger partial charge in [0.05, 0.1) is 0 Å². The Morgan fingerprint density at radius 3 is 1.50 bits per heavy atom. The molecule has 0 radical (unpaired) electrons. The Morgan fingerprint density at radius 1 is 1.38 bits per heavy atom. The maximum Gasteiger partial charge on any atom is 0.209 e. The summed E-state index contributed by atoms with van der Waals surface area (Å²) in [6.07, 6.45) is 1.00. The van der Waals surface area contributed by atoms with Crippen molar-refractivity contribution in [2.24, 2.45) is 5.73 Å². The zero-order chi connectivity index (χ0) is 6.99. The maximum absolute atomic E-state index is 9.43. The highest BCUT2D eigenvalue weighted by Crippen LogP contribution is 1.52. The summed E-state index contributed by atoms with van der Waals surface area (Å²) < 4.78 is 0. The van der Waals surface area contributed by atoms with E-state index in [1.807, 2.05) is 0 Å². The fourth-order valence-corrected chi connectivity index (χ4v) is 0. The molecule has 2 N–H and O–H groups in total. The second-order valence-electron chi connectivity index (χ2n) is 1.21. The van der Waals surface area contributed by atoms with E-state index in [2.05, 4.69) is 5.73 Å². The Balaban J connectivity index is 0. The summed E-state index contributed by atoms with van der Waals surface area (Å²) in [4.78, 5) is 19.5. The van der Waals surface area contributed by atoms with Crippen molar-refractivity contribution in [2.75, 3.05) is 14.1 Å². The van der Waals surface area contributed by atoms with Gasteiger partial charge in [-0.1, -0.05) is 0 Å². The van der Waals surface area contributed by atoms with Crippen LogP contribution >= 0.6 is 0 Å². The van der Waals surface area contributed by atoms with Crippen molar-refractivity contribution in [1.82, 2.24) is 4.90 Å². The van der Waals surface area contributed by atoms with Crippen LogP contribution in [0.2, 0.25) is 0 Å². The average molecular weight is 118 g/mol. The minimum atomic E-state index is 0.250. The molecule has 0 saturated carbocycles. The van der Waals surface area contributed by atoms with Gasteiger partial charge < -0.3 is 10.6 Å². The highest BCUT2D eigenvalue weighted by Gasteiger charge is 1.68. The van der Waals surface area contributed by atoms with Crippen molar-refractivity contribution in [2.45, 2.75) is 0 Å². The van der Waals surface area contributed by atoms with Crippen LogP contribution in [0.15, 0.2) is 0 Å². The van der Waals surface area contributed by atoms with Gasteiger partial charge in [-0.05, 0) is 0 Å². The molecule has 2 amide bonds. The predicted molar refractivity (Wildman–Crippen MR) is 30.0 cm³/mol. The number of hydrogen-bond acceptors (Lipinski definition) is 2. The highest BCUT2D eigenvalue weighted by atomic mass is 16.1. The Morgan fingerprint density at radius 2 is 1.50 bits per heavy atom. The third-order valence-electron chi connectivity index (χ3n) is 0.211. The summed E-state index contributed by atoms with van der Waals surface area (Å²) in [5.41, 5.74) is 4.17. The molecule has 0 heterocycles. The molecule has 0 aliphatic heterocycles. The number of hydrogen-bond donors (Lipinski definition) is 1. The molecule has 0 aromatic carbocycles. The van der Waals surface area contributed by atoms with E-state index in [-0.39, 0.29) is 6.41 Å². The van der Waals surface area contributed by atoms with Gasteiger partial charge in [-0.2, -0.15) is 0 Å². The van der Waals surface area contributed by atoms with Crippen LogP contribution in [0.5, 0.6) is 0 Å². The third kappa shape index (κ3) is 86.8. The van der Waals surface area contributed by atoms with Crippen LogP contribution in [-0.4, -0.2) is 31.8 Å². The third-order valence-corrected chi connectivity index (χ3v) is 0.211. The van der Waals surface area contributed by atoms with E-state index in [1.54, 1.807) is 14.1 Å². The van der Waals surface area contributed by atoms with Gasteiger partial charge in [0.2, 0.25) is 12.8 Å². The van der Waals surface area contributed by atoms with E-state index >= 15 is 0 Å². The zero-order valence-electron chi connectivity index (χ0n) is 5.00. The lowest BCUT2D eigenvalue weighted by molar-refractivity contribution is -0.116. The van der Waals surface area contributed by atoms with Gasteiger partial charge in [0.1, 0.15) is 0 Å². The standard InChI is InChI=1S/C3H7NO.CH3NO/c1-4(2)3-5;2-1-3/h3H,1-2H3;1H,(H2,2,3). The van der Waals surface area contributed by atoms with Crippen LogP contribution in [0, 0.1) is 0 Å². The molecule has 0 saturated heterocycles. The van der Waals surface area contributed by atoms with E-state index in [1.165, 1.54) is 4.90 Å². The van der Waals surface area contributed by atoms with Gasteiger partial charge >= 0.3 is 0 Å². The molecule has 0 bridgehead atoms. The molecule has 8 heavy (non-hydrogen) atoms. The maximum atomic E-state index is 9.43. The smallest absolute Gasteiger partial charge is 0.209 e. The number of carbonyl (C=O) groups excluding carboxylic acids is 2. The first-order valence-corrected chi connectivity index (χ1v) is 1.96. The Labute approximate surface area is 48.3 Å². The van der Waals surface area contributed by atoms with E-state index in [0.717, 1.165) is 6.41 Å². The van der Waals surface area contributed by atoms with Crippen molar-refractivity contribution in [3.05, 3.63) is 0 Å². The van der Waals surface area contributed by atoms with Crippen molar-refractivity contribution in [3.63, 3.8) is 0 Å². The number of carbonyl (C=O) groups is 2. The fourth-order valence-electron chi connectivity index (χ4n) is 0. The van der Waals surface area contributed by atoms with Crippen molar-refractivity contribution >= 4 is 12.8 Å². The first-order valence-electron chi connectivity index (χ1n) is 1.96. The van der Waals surface area contributed by atoms with Gasteiger partial charge in [0.25, 0.3) is 0 Å². The Hall–Kier alpha value is -1.06. The highest BCUT2D eigenvalue weighted by molar-refractivity contribution is 5.45. The average Bonchev–Trinajstić information content (AvgIpc) is 1.69. The van der Waals surface area contributed by atoms with E-state index in [9.17, 15) is 4.79 Å². The number of nitrogens with two attached hydrogens (primary N) is 1. The summed E-state index contributed by atoms with van der Waals surface area (Å²) in [6.45, 7) is 0. The molecule has 0 fully saturated rings. The van der Waals surface area contributed by atoms with E-state index in [0.29, 0.717) is 0 Å². The molecule has 0 aromatic heterocycles. The van der Waals surface area contributed by atoms with Crippen molar-refractivity contribution < 1.29 is 9.59 Å². The second kappa shape index (κ2) is 9.34. The summed E-state index contributed by atoms with van der Waals surface area (Å²) >= 11 is 0. The summed E-state index contributed by atoms with van der Waals surface area (Å²) in [5.74, 6) is 0. The second-order valence-corrected chi connectivity index (χ2v) is 1.21. The van der Waals surface area contributed by atoms with Crippen LogP contribution in [0.4, 0.5) is 0 Å². The van der Waals surface area contributed by atoms with Crippen molar-refractivity contribution in [1.29, 1.82) is 0 Å². The van der Waals surface area contributed by atoms with Gasteiger partial charge in [0.15, 0.2) is 0 Å². The van der Waals surface area contributed by atoms with Gasteiger partial charge in [-0.15, -0.1) is 0 Å². The Kier molecular flexibility index (Phi) is 11.7.